The fraction of sp³-hybridized carbons (Fsp3) is 0.207. The molecule has 0 amide bonds. The molecule has 0 N–H and O–H groups in total. The highest BCUT2D eigenvalue weighted by Gasteiger charge is 2.31. The van der Waals surface area contributed by atoms with Gasteiger partial charge in [-0.2, -0.15) is 0 Å². The molecule has 9 rings (SSSR count). The molecule has 0 aliphatic heterocycles. The largest absolute Gasteiger partial charge is 0.493 e. The van der Waals surface area contributed by atoms with Crippen molar-refractivity contribution in [3.63, 3.8) is 0 Å². The van der Waals surface area contributed by atoms with Gasteiger partial charge in [0.1, 0.15) is 0 Å². The molecule has 0 saturated carbocycles. The summed E-state index contributed by atoms with van der Waals surface area (Å²) in [7, 11) is 3.23. The minimum atomic E-state index is 0.0791. The van der Waals surface area contributed by atoms with E-state index >= 15 is 0 Å². The SMILES string of the molecule is COc1cc2c(cc1OC)-c1ccc3c4ccc(c3c1C2=O)CCc1ccc(cc1)CC4. The van der Waals surface area contributed by atoms with Gasteiger partial charge in [0.2, 0.25) is 0 Å². The molecule has 32 heavy (non-hydrogen) atoms. The molecule has 0 heterocycles. The van der Waals surface area contributed by atoms with Gasteiger partial charge in [0.25, 0.3) is 0 Å². The number of ether oxygens (including phenoxy) is 2. The maximum atomic E-state index is 13.7. The van der Waals surface area contributed by atoms with Gasteiger partial charge in [0.15, 0.2) is 17.3 Å². The van der Waals surface area contributed by atoms with Crippen molar-refractivity contribution < 1.29 is 14.3 Å². The van der Waals surface area contributed by atoms with Crippen LogP contribution in [0.4, 0.5) is 0 Å². The van der Waals surface area contributed by atoms with Crippen LogP contribution in [0.1, 0.15) is 38.2 Å². The molecule has 0 radical (unpaired) electrons. The molecule has 0 atom stereocenters. The Morgan fingerprint density at radius 1 is 0.625 bits per heavy atom. The summed E-state index contributed by atoms with van der Waals surface area (Å²) in [5.74, 6) is 1.31. The van der Waals surface area contributed by atoms with Crippen molar-refractivity contribution in [1.82, 2.24) is 0 Å². The summed E-state index contributed by atoms with van der Waals surface area (Å²) in [5, 5.41) is 2.32. The Morgan fingerprint density at radius 2 is 1.22 bits per heavy atom. The lowest BCUT2D eigenvalue weighted by Gasteiger charge is -2.16. The Hall–Kier alpha value is -3.59. The fourth-order valence-electron chi connectivity index (χ4n) is 5.32. The Morgan fingerprint density at radius 3 is 1.88 bits per heavy atom. The molecule has 5 aliphatic carbocycles. The van der Waals surface area contributed by atoms with Crippen molar-refractivity contribution >= 4 is 16.6 Å². The van der Waals surface area contributed by atoms with Gasteiger partial charge >= 0.3 is 0 Å². The highest BCUT2D eigenvalue weighted by molar-refractivity contribution is 6.28. The number of carbonyl (C=O) groups is 1. The first-order valence-electron chi connectivity index (χ1n) is 11.1. The number of rotatable bonds is 2. The van der Waals surface area contributed by atoms with E-state index in [1.807, 2.05) is 12.1 Å². The van der Waals surface area contributed by atoms with Crippen LogP contribution in [0, 0.1) is 0 Å². The zero-order valence-electron chi connectivity index (χ0n) is 18.3. The summed E-state index contributed by atoms with van der Waals surface area (Å²) < 4.78 is 11.0. The number of aryl methyl sites for hydroxylation is 4. The van der Waals surface area contributed by atoms with Crippen LogP contribution in [-0.4, -0.2) is 20.0 Å². The van der Waals surface area contributed by atoms with Gasteiger partial charge in [-0.1, -0.05) is 48.5 Å². The number of hydrogen-bond acceptors (Lipinski definition) is 3. The number of ketones is 1. The average Bonchev–Trinajstić information content (AvgIpc) is 3.11. The van der Waals surface area contributed by atoms with Crippen molar-refractivity contribution in [3.8, 4) is 22.6 Å². The Labute approximate surface area is 187 Å². The lowest BCUT2D eigenvalue weighted by atomic mass is 9.87. The summed E-state index contributed by atoms with van der Waals surface area (Å²) in [5.41, 5.74) is 8.68. The number of hydrogen-bond donors (Lipinski definition) is 0. The molecule has 4 aromatic rings. The first-order chi connectivity index (χ1) is 15.7. The molecular weight excluding hydrogens is 396 g/mol. The second-order valence-corrected chi connectivity index (χ2v) is 8.69. The summed E-state index contributed by atoms with van der Waals surface area (Å²) in [6.45, 7) is 0. The van der Waals surface area contributed by atoms with E-state index in [2.05, 4.69) is 48.5 Å². The second-order valence-electron chi connectivity index (χ2n) is 8.69. The van der Waals surface area contributed by atoms with E-state index in [1.54, 1.807) is 14.2 Å². The third kappa shape index (κ3) is 2.77. The van der Waals surface area contributed by atoms with E-state index in [1.165, 1.54) is 27.6 Å². The van der Waals surface area contributed by atoms with Crippen LogP contribution in [-0.2, 0) is 25.7 Å². The molecular formula is C29H24O3. The number of carbonyl (C=O) groups excluding carboxylic acids is 1. The highest BCUT2D eigenvalue weighted by atomic mass is 16.5. The molecule has 4 bridgehead atoms. The van der Waals surface area contributed by atoms with E-state index in [0.717, 1.165) is 47.8 Å². The molecule has 0 aromatic heterocycles. The van der Waals surface area contributed by atoms with Crippen LogP contribution in [0.25, 0.3) is 21.9 Å². The van der Waals surface area contributed by atoms with Gasteiger partial charge in [0, 0.05) is 11.1 Å². The van der Waals surface area contributed by atoms with E-state index in [0.29, 0.717) is 17.1 Å². The lowest BCUT2D eigenvalue weighted by molar-refractivity contribution is 0.104. The summed E-state index contributed by atoms with van der Waals surface area (Å²) in [6.07, 6.45) is 3.82. The molecule has 3 heteroatoms. The third-order valence-corrected chi connectivity index (χ3v) is 7.03. The fourth-order valence-corrected chi connectivity index (χ4v) is 5.32. The molecule has 158 valence electrons. The number of fused-ring (bicyclic) bond motifs is 3. The maximum absolute atomic E-state index is 13.7. The Balaban J connectivity index is 1.60. The minimum absolute atomic E-state index is 0.0791. The van der Waals surface area contributed by atoms with Crippen LogP contribution in [0.5, 0.6) is 11.5 Å². The zero-order valence-corrected chi connectivity index (χ0v) is 18.3. The predicted molar refractivity (Wildman–Crippen MR) is 127 cm³/mol. The maximum Gasteiger partial charge on any atom is 0.195 e. The molecule has 5 aliphatic rings. The van der Waals surface area contributed by atoms with E-state index < -0.39 is 0 Å². The molecule has 0 fully saturated rings. The molecule has 4 aromatic carbocycles. The monoisotopic (exact) mass is 420 g/mol. The van der Waals surface area contributed by atoms with Gasteiger partial charge in [-0.25, -0.2) is 0 Å². The smallest absolute Gasteiger partial charge is 0.195 e. The summed E-state index contributed by atoms with van der Waals surface area (Å²) >= 11 is 0. The molecule has 0 spiro atoms. The number of methoxy groups -OCH3 is 2. The highest BCUT2D eigenvalue weighted by Crippen LogP contribution is 2.46. The van der Waals surface area contributed by atoms with Gasteiger partial charge in [-0.3, -0.25) is 4.79 Å². The predicted octanol–water partition coefficient (Wildman–Crippen LogP) is 5.95. The lowest BCUT2D eigenvalue weighted by Crippen LogP contribution is -2.04. The first kappa shape index (κ1) is 19.1. The third-order valence-electron chi connectivity index (χ3n) is 7.03. The molecule has 3 nitrogen and oxygen atoms in total. The van der Waals surface area contributed by atoms with Crippen LogP contribution < -0.4 is 9.47 Å². The average molecular weight is 421 g/mol. The van der Waals surface area contributed by atoms with Gasteiger partial charge < -0.3 is 9.47 Å². The van der Waals surface area contributed by atoms with Gasteiger partial charge in [0.05, 0.1) is 14.2 Å². The molecule has 0 saturated heterocycles. The van der Waals surface area contributed by atoms with Gasteiger partial charge in [-0.15, -0.1) is 0 Å². The van der Waals surface area contributed by atoms with Crippen molar-refractivity contribution in [1.29, 1.82) is 0 Å². The van der Waals surface area contributed by atoms with Crippen molar-refractivity contribution in [2.24, 2.45) is 0 Å². The zero-order chi connectivity index (χ0) is 21.8. The Kier molecular flexibility index (Phi) is 4.32. The van der Waals surface area contributed by atoms with Crippen molar-refractivity contribution in [2.75, 3.05) is 14.2 Å². The summed E-state index contributed by atoms with van der Waals surface area (Å²) in [4.78, 5) is 13.7. The normalized spacial score (nSPS) is 14.1. The standard InChI is InChI=1S/C29H24O3/c1-31-25-15-23-22-14-13-21-19-9-7-17-3-5-18(6-4-17)8-10-20(12-11-19)27(21)28(22)29(30)24(23)16-26(25)32-2/h3-6,11-16H,7-10H2,1-2H3. The van der Waals surface area contributed by atoms with E-state index in [-0.39, 0.29) is 5.78 Å². The van der Waals surface area contributed by atoms with Crippen LogP contribution in [0.2, 0.25) is 0 Å². The summed E-state index contributed by atoms with van der Waals surface area (Å²) in [6, 6.07) is 21.6. The van der Waals surface area contributed by atoms with Crippen LogP contribution in [0.3, 0.4) is 0 Å². The Bertz CT molecular complexity index is 1400. The quantitative estimate of drug-likeness (QED) is 0.354. The minimum Gasteiger partial charge on any atom is -0.493 e. The second kappa shape index (κ2) is 7.23. The topological polar surface area (TPSA) is 35.5 Å². The number of benzene rings is 4. The first-order valence-corrected chi connectivity index (χ1v) is 11.1. The van der Waals surface area contributed by atoms with Crippen molar-refractivity contribution in [3.05, 3.63) is 94.0 Å². The van der Waals surface area contributed by atoms with Crippen LogP contribution >= 0.6 is 0 Å². The van der Waals surface area contributed by atoms with Crippen LogP contribution in [0.15, 0.2) is 60.7 Å². The van der Waals surface area contributed by atoms with E-state index in [4.69, 9.17) is 9.47 Å². The molecule has 0 unspecified atom stereocenters. The van der Waals surface area contributed by atoms with Gasteiger partial charge in [-0.05, 0) is 82.0 Å². The van der Waals surface area contributed by atoms with E-state index in [9.17, 15) is 4.79 Å². The van der Waals surface area contributed by atoms with Crippen molar-refractivity contribution in [2.45, 2.75) is 25.7 Å².